The van der Waals surface area contributed by atoms with Gasteiger partial charge in [-0.15, -0.1) is 24.0 Å². The zero-order valence-corrected chi connectivity index (χ0v) is 20.5. The molecule has 1 aromatic heterocycles. The number of ether oxygens (including phenoxy) is 1. The Morgan fingerprint density at radius 1 is 1.33 bits per heavy atom. The van der Waals surface area contributed by atoms with E-state index in [1.807, 2.05) is 18.3 Å². The van der Waals surface area contributed by atoms with Crippen LogP contribution in [0.5, 0.6) is 5.88 Å². The highest BCUT2D eigenvalue weighted by Gasteiger charge is 2.23. The quantitative estimate of drug-likeness (QED) is 0.335. The summed E-state index contributed by atoms with van der Waals surface area (Å²) in [5.74, 6) is 2.45. The maximum absolute atomic E-state index is 11.3. The van der Waals surface area contributed by atoms with Crippen LogP contribution in [-0.2, 0) is 11.3 Å². The number of carbonyl (C=O) groups is 1. The molecule has 1 atom stereocenters. The molecule has 1 amide bonds. The zero-order chi connectivity index (χ0) is 20.6. The lowest BCUT2D eigenvalue weighted by atomic mass is 9.89. The number of amides is 1. The van der Waals surface area contributed by atoms with Gasteiger partial charge in [-0.3, -0.25) is 9.79 Å². The van der Waals surface area contributed by atoms with Crippen LogP contribution in [0.25, 0.3) is 0 Å². The highest BCUT2D eigenvalue weighted by molar-refractivity contribution is 14.0. The fraction of sp³-hybridized carbons (Fsp3) is 0.682. The first-order valence-corrected chi connectivity index (χ1v) is 10.9. The third-order valence-electron chi connectivity index (χ3n) is 6.02. The number of likely N-dealkylation sites (tertiary alicyclic amines) is 1. The molecule has 0 spiro atoms. The number of halogens is 1. The van der Waals surface area contributed by atoms with Crippen molar-refractivity contribution >= 4 is 35.8 Å². The molecule has 0 aromatic carbocycles. The summed E-state index contributed by atoms with van der Waals surface area (Å²) < 4.78 is 6.12. The van der Waals surface area contributed by atoms with Gasteiger partial charge in [0.25, 0.3) is 0 Å². The predicted octanol–water partition coefficient (Wildman–Crippen LogP) is 3.32. The molecule has 7 nitrogen and oxygen atoms in total. The van der Waals surface area contributed by atoms with E-state index < -0.39 is 0 Å². The Hall–Kier alpha value is -1.58. The molecule has 1 aliphatic heterocycles. The van der Waals surface area contributed by atoms with Gasteiger partial charge in [-0.1, -0.05) is 6.92 Å². The molecule has 8 heteroatoms. The van der Waals surface area contributed by atoms with Crippen molar-refractivity contribution in [2.24, 2.45) is 22.6 Å². The number of aromatic nitrogens is 1. The summed E-state index contributed by atoms with van der Waals surface area (Å²) >= 11 is 0. The van der Waals surface area contributed by atoms with E-state index in [1.54, 1.807) is 7.05 Å². The van der Waals surface area contributed by atoms with Gasteiger partial charge in [0.15, 0.2) is 5.96 Å². The summed E-state index contributed by atoms with van der Waals surface area (Å²) in [6.07, 6.45) is 9.31. The molecule has 1 saturated carbocycles. The minimum atomic E-state index is -0.225. The molecule has 0 bridgehead atoms. The molecule has 168 valence electrons. The lowest BCUT2D eigenvalue weighted by Crippen LogP contribution is -2.46. The summed E-state index contributed by atoms with van der Waals surface area (Å²) in [5, 5.41) is 3.44. The number of nitrogens with zero attached hydrogens (tertiary/aromatic N) is 3. The number of nitrogens with two attached hydrogens (primary N) is 1. The van der Waals surface area contributed by atoms with Crippen LogP contribution in [0.3, 0.4) is 0 Å². The van der Waals surface area contributed by atoms with Crippen molar-refractivity contribution in [2.45, 2.75) is 64.5 Å². The number of piperidine rings is 1. The number of nitrogens with one attached hydrogen (secondary N) is 1. The second kappa shape index (κ2) is 12.3. The standard InChI is InChI=1S/C22H35N5O2.HI/c1-16-5-7-19(8-6-16)29-21-13-17(9-10-25-21)14-26-22(24-2)27-11-3-4-18(15-27)12-20(23)28;/h9-10,13,16,18-19H,3-8,11-12,14-15H2,1-2H3,(H2,23,28)(H,24,26);1H. The Morgan fingerprint density at radius 2 is 2.10 bits per heavy atom. The van der Waals surface area contributed by atoms with Crippen molar-refractivity contribution in [3.63, 3.8) is 0 Å². The molecular weight excluding hydrogens is 493 g/mol. The van der Waals surface area contributed by atoms with Crippen molar-refractivity contribution < 1.29 is 9.53 Å². The van der Waals surface area contributed by atoms with Crippen LogP contribution in [0.4, 0.5) is 0 Å². The fourth-order valence-corrected chi connectivity index (χ4v) is 4.36. The van der Waals surface area contributed by atoms with Crippen LogP contribution in [0.15, 0.2) is 23.3 Å². The van der Waals surface area contributed by atoms with Crippen molar-refractivity contribution in [1.82, 2.24) is 15.2 Å². The number of pyridine rings is 1. The zero-order valence-electron chi connectivity index (χ0n) is 18.2. The molecule has 2 heterocycles. The third-order valence-corrected chi connectivity index (χ3v) is 6.02. The molecule has 1 aromatic rings. The average molecular weight is 529 g/mol. The van der Waals surface area contributed by atoms with E-state index in [2.05, 4.69) is 27.1 Å². The molecular formula is C22H36IN5O2. The second-order valence-electron chi connectivity index (χ2n) is 8.53. The Bertz CT molecular complexity index is 707. The molecule has 2 aliphatic rings. The summed E-state index contributed by atoms with van der Waals surface area (Å²) in [4.78, 5) is 22.3. The summed E-state index contributed by atoms with van der Waals surface area (Å²) in [6, 6.07) is 4.02. The van der Waals surface area contributed by atoms with E-state index in [0.29, 0.717) is 24.8 Å². The first kappa shape index (κ1) is 24.7. The highest BCUT2D eigenvalue weighted by Crippen LogP contribution is 2.26. The topological polar surface area (TPSA) is 92.8 Å². The fourth-order valence-electron chi connectivity index (χ4n) is 4.36. The van der Waals surface area contributed by atoms with E-state index in [0.717, 1.165) is 56.2 Å². The number of aliphatic imine (C=N–C) groups is 1. The Labute approximate surface area is 197 Å². The van der Waals surface area contributed by atoms with Crippen LogP contribution >= 0.6 is 24.0 Å². The van der Waals surface area contributed by atoms with Crippen molar-refractivity contribution in [3.8, 4) is 5.88 Å². The lowest BCUT2D eigenvalue weighted by Gasteiger charge is -2.34. The maximum atomic E-state index is 11.3. The largest absolute Gasteiger partial charge is 0.474 e. The number of carbonyl (C=O) groups excluding carboxylic acids is 1. The normalized spacial score (nSPS) is 24.7. The smallest absolute Gasteiger partial charge is 0.217 e. The summed E-state index contributed by atoms with van der Waals surface area (Å²) in [6.45, 7) is 4.73. The number of hydrogen-bond donors (Lipinski definition) is 2. The van der Waals surface area contributed by atoms with Gasteiger partial charge in [0.1, 0.15) is 6.10 Å². The Morgan fingerprint density at radius 3 is 2.80 bits per heavy atom. The molecule has 1 unspecified atom stereocenters. The molecule has 1 saturated heterocycles. The van der Waals surface area contributed by atoms with Crippen LogP contribution < -0.4 is 15.8 Å². The average Bonchev–Trinajstić information content (AvgIpc) is 2.70. The molecule has 2 fully saturated rings. The molecule has 3 rings (SSSR count). The number of rotatable bonds is 6. The van der Waals surface area contributed by atoms with Crippen LogP contribution in [0, 0.1) is 11.8 Å². The van der Waals surface area contributed by atoms with Gasteiger partial charge in [0.2, 0.25) is 11.8 Å². The van der Waals surface area contributed by atoms with Gasteiger partial charge in [-0.2, -0.15) is 0 Å². The first-order valence-electron chi connectivity index (χ1n) is 10.9. The van der Waals surface area contributed by atoms with Crippen LogP contribution in [0.2, 0.25) is 0 Å². The first-order chi connectivity index (χ1) is 14.0. The second-order valence-corrected chi connectivity index (χ2v) is 8.53. The van der Waals surface area contributed by atoms with E-state index >= 15 is 0 Å². The van der Waals surface area contributed by atoms with Crippen molar-refractivity contribution in [3.05, 3.63) is 23.9 Å². The molecule has 1 aliphatic carbocycles. The summed E-state index contributed by atoms with van der Waals surface area (Å²) in [5.41, 5.74) is 6.50. The third kappa shape index (κ3) is 7.59. The number of guanidine groups is 1. The Balaban J connectivity index is 0.00000320. The van der Waals surface area contributed by atoms with Crippen molar-refractivity contribution in [1.29, 1.82) is 0 Å². The predicted molar refractivity (Wildman–Crippen MR) is 130 cm³/mol. The van der Waals surface area contributed by atoms with Crippen molar-refractivity contribution in [2.75, 3.05) is 20.1 Å². The van der Waals surface area contributed by atoms with E-state index in [9.17, 15) is 4.79 Å². The highest BCUT2D eigenvalue weighted by atomic mass is 127. The van der Waals surface area contributed by atoms with Crippen LogP contribution in [-0.4, -0.2) is 48.0 Å². The lowest BCUT2D eigenvalue weighted by molar-refractivity contribution is -0.119. The number of hydrogen-bond acceptors (Lipinski definition) is 4. The van der Waals surface area contributed by atoms with Gasteiger partial charge >= 0.3 is 0 Å². The van der Waals surface area contributed by atoms with Crippen LogP contribution in [0.1, 0.15) is 57.4 Å². The van der Waals surface area contributed by atoms with E-state index in [1.165, 1.54) is 12.8 Å². The van der Waals surface area contributed by atoms with Gasteiger partial charge < -0.3 is 20.7 Å². The molecule has 30 heavy (non-hydrogen) atoms. The van der Waals surface area contributed by atoms with E-state index in [4.69, 9.17) is 10.5 Å². The van der Waals surface area contributed by atoms with Gasteiger partial charge in [-0.25, -0.2) is 4.98 Å². The Kier molecular flexibility index (Phi) is 10.1. The molecule has 3 N–H and O–H groups in total. The monoisotopic (exact) mass is 529 g/mol. The van der Waals surface area contributed by atoms with Gasteiger partial charge in [0, 0.05) is 45.4 Å². The molecule has 0 radical (unpaired) electrons. The number of primary amides is 1. The SMILES string of the molecule is CN=C(NCc1ccnc(OC2CCC(C)CC2)c1)N1CCCC(CC(N)=O)C1.I. The van der Waals surface area contributed by atoms with E-state index in [-0.39, 0.29) is 36.0 Å². The minimum absolute atomic E-state index is 0. The summed E-state index contributed by atoms with van der Waals surface area (Å²) in [7, 11) is 1.80. The minimum Gasteiger partial charge on any atom is -0.474 e. The van der Waals surface area contributed by atoms with Gasteiger partial charge in [-0.05, 0) is 62.0 Å². The maximum Gasteiger partial charge on any atom is 0.217 e. The van der Waals surface area contributed by atoms with Gasteiger partial charge in [0.05, 0.1) is 0 Å².